The summed E-state index contributed by atoms with van der Waals surface area (Å²) in [6, 6.07) is 5.67. The Bertz CT molecular complexity index is 522. The van der Waals surface area contributed by atoms with Gasteiger partial charge < -0.3 is 4.52 Å². The smallest absolute Gasteiger partial charge is 0.237 e. The third-order valence-electron chi connectivity index (χ3n) is 2.75. The molecular weight excluding hydrogens is 230 g/mol. The number of Topliss-reactive ketones (excluding diaryl/α,β-unsaturated/α-hetero) is 1. The summed E-state index contributed by atoms with van der Waals surface area (Å²) in [5.74, 6) is 0.708. The molecule has 0 aliphatic rings. The Morgan fingerprint density at radius 2 is 2.28 bits per heavy atom. The van der Waals surface area contributed by atoms with Gasteiger partial charge in [-0.25, -0.2) is 0 Å². The third-order valence-corrected chi connectivity index (χ3v) is 2.75. The van der Waals surface area contributed by atoms with Gasteiger partial charge in [0.05, 0.1) is 12.3 Å². The van der Waals surface area contributed by atoms with Gasteiger partial charge in [0, 0.05) is 11.9 Å². The van der Waals surface area contributed by atoms with Crippen LogP contribution in [0.4, 0.5) is 0 Å². The molecule has 2 aromatic rings. The molecule has 94 valence electrons. The molecule has 2 aromatic heterocycles. The lowest BCUT2D eigenvalue weighted by atomic mass is 10.0. The number of rotatable bonds is 5. The lowest BCUT2D eigenvalue weighted by Crippen LogP contribution is -2.08. The molecule has 0 radical (unpaired) electrons. The van der Waals surface area contributed by atoms with Crippen molar-refractivity contribution in [2.45, 2.75) is 32.6 Å². The van der Waals surface area contributed by atoms with Crippen molar-refractivity contribution >= 4 is 5.78 Å². The topological polar surface area (TPSA) is 68.9 Å². The number of ketones is 1. The molecule has 2 rings (SSSR count). The standard InChI is InChI=1S/C13H15N3O2/c1-3-11(9(2)17)13-15-12(16-18-13)8-10-6-4-5-7-14-10/h4-7,11H,3,8H2,1-2H3. The van der Waals surface area contributed by atoms with Crippen molar-refractivity contribution in [2.24, 2.45) is 0 Å². The Hall–Kier alpha value is -2.04. The highest BCUT2D eigenvalue weighted by Gasteiger charge is 2.21. The number of hydrogen-bond acceptors (Lipinski definition) is 5. The van der Waals surface area contributed by atoms with Crippen LogP contribution < -0.4 is 0 Å². The van der Waals surface area contributed by atoms with Crippen molar-refractivity contribution in [1.29, 1.82) is 0 Å². The Morgan fingerprint density at radius 1 is 1.44 bits per heavy atom. The lowest BCUT2D eigenvalue weighted by molar-refractivity contribution is -0.119. The first kappa shape index (κ1) is 12.4. The van der Waals surface area contributed by atoms with Gasteiger partial charge >= 0.3 is 0 Å². The number of nitrogens with zero attached hydrogens (tertiary/aromatic N) is 3. The van der Waals surface area contributed by atoms with Crippen LogP contribution in [-0.2, 0) is 11.2 Å². The van der Waals surface area contributed by atoms with Gasteiger partial charge in [0.1, 0.15) is 5.78 Å². The van der Waals surface area contributed by atoms with E-state index in [9.17, 15) is 4.79 Å². The highest BCUT2D eigenvalue weighted by atomic mass is 16.5. The van der Waals surface area contributed by atoms with Crippen molar-refractivity contribution in [2.75, 3.05) is 0 Å². The molecule has 5 nitrogen and oxygen atoms in total. The molecular formula is C13H15N3O2. The van der Waals surface area contributed by atoms with Crippen molar-refractivity contribution in [3.63, 3.8) is 0 Å². The van der Waals surface area contributed by atoms with Gasteiger partial charge in [0.15, 0.2) is 5.82 Å². The van der Waals surface area contributed by atoms with Crippen LogP contribution in [0.25, 0.3) is 0 Å². The van der Waals surface area contributed by atoms with Gasteiger partial charge in [-0.3, -0.25) is 9.78 Å². The fourth-order valence-electron chi connectivity index (χ4n) is 1.78. The number of carbonyl (C=O) groups excluding carboxylic acids is 1. The molecule has 18 heavy (non-hydrogen) atoms. The summed E-state index contributed by atoms with van der Waals surface area (Å²) in [5.41, 5.74) is 0.876. The highest BCUT2D eigenvalue weighted by Crippen LogP contribution is 2.18. The normalized spacial score (nSPS) is 12.3. The van der Waals surface area contributed by atoms with Gasteiger partial charge in [-0.15, -0.1) is 0 Å². The number of hydrogen-bond donors (Lipinski definition) is 0. The summed E-state index contributed by atoms with van der Waals surface area (Å²) in [7, 11) is 0. The molecule has 0 aromatic carbocycles. The van der Waals surface area contributed by atoms with E-state index in [4.69, 9.17) is 4.52 Å². The van der Waals surface area contributed by atoms with Gasteiger partial charge in [0.2, 0.25) is 5.89 Å². The number of carbonyl (C=O) groups is 1. The van der Waals surface area contributed by atoms with Crippen LogP contribution >= 0.6 is 0 Å². The minimum absolute atomic E-state index is 0.0468. The summed E-state index contributed by atoms with van der Waals surface area (Å²) in [4.78, 5) is 19.9. The van der Waals surface area contributed by atoms with E-state index in [1.807, 2.05) is 25.1 Å². The van der Waals surface area contributed by atoms with E-state index >= 15 is 0 Å². The molecule has 0 amide bonds. The average molecular weight is 245 g/mol. The van der Waals surface area contributed by atoms with Crippen LogP contribution in [0, 0.1) is 0 Å². The third kappa shape index (κ3) is 2.80. The predicted octanol–water partition coefficient (Wildman–Crippen LogP) is 2.14. The maximum atomic E-state index is 11.4. The second-order valence-electron chi connectivity index (χ2n) is 4.12. The molecule has 0 saturated heterocycles. The van der Waals surface area contributed by atoms with E-state index < -0.39 is 0 Å². The van der Waals surface area contributed by atoms with E-state index in [0.717, 1.165) is 5.69 Å². The first-order valence-electron chi connectivity index (χ1n) is 5.93. The zero-order chi connectivity index (χ0) is 13.0. The van der Waals surface area contributed by atoms with Gasteiger partial charge in [0.25, 0.3) is 0 Å². The monoisotopic (exact) mass is 245 g/mol. The molecule has 0 bridgehead atoms. The zero-order valence-electron chi connectivity index (χ0n) is 10.5. The van der Waals surface area contributed by atoms with E-state index in [1.165, 1.54) is 6.92 Å². The molecule has 2 heterocycles. The minimum Gasteiger partial charge on any atom is -0.339 e. The molecule has 0 N–H and O–H groups in total. The fourth-order valence-corrected chi connectivity index (χ4v) is 1.78. The summed E-state index contributed by atoms with van der Waals surface area (Å²) in [6.45, 7) is 3.46. The largest absolute Gasteiger partial charge is 0.339 e. The van der Waals surface area contributed by atoms with Gasteiger partial charge in [-0.05, 0) is 25.5 Å². The second kappa shape index (κ2) is 5.53. The molecule has 0 aliphatic carbocycles. The van der Waals surface area contributed by atoms with Gasteiger partial charge in [-0.1, -0.05) is 18.1 Å². The molecule has 0 fully saturated rings. The van der Waals surface area contributed by atoms with E-state index in [0.29, 0.717) is 24.6 Å². The zero-order valence-corrected chi connectivity index (χ0v) is 10.5. The minimum atomic E-state index is -0.296. The molecule has 1 unspecified atom stereocenters. The first-order chi connectivity index (χ1) is 8.70. The Morgan fingerprint density at radius 3 is 2.89 bits per heavy atom. The number of pyridine rings is 1. The molecule has 0 saturated carbocycles. The SMILES string of the molecule is CCC(C(C)=O)c1nc(Cc2ccccn2)no1. The second-order valence-corrected chi connectivity index (χ2v) is 4.12. The summed E-state index contributed by atoms with van der Waals surface area (Å²) < 4.78 is 5.14. The summed E-state index contributed by atoms with van der Waals surface area (Å²) in [5, 5.41) is 3.88. The van der Waals surface area contributed by atoms with Crippen molar-refractivity contribution < 1.29 is 9.32 Å². The Labute approximate surface area is 105 Å². The molecule has 0 spiro atoms. The predicted molar refractivity (Wildman–Crippen MR) is 65.1 cm³/mol. The average Bonchev–Trinajstić information content (AvgIpc) is 2.79. The lowest BCUT2D eigenvalue weighted by Gasteiger charge is -2.03. The maximum absolute atomic E-state index is 11.4. The van der Waals surface area contributed by atoms with Crippen molar-refractivity contribution in [3.8, 4) is 0 Å². The summed E-state index contributed by atoms with van der Waals surface area (Å²) >= 11 is 0. The summed E-state index contributed by atoms with van der Waals surface area (Å²) in [6.07, 6.45) is 2.90. The number of aromatic nitrogens is 3. The van der Waals surface area contributed by atoms with Crippen molar-refractivity contribution in [3.05, 3.63) is 41.8 Å². The first-order valence-corrected chi connectivity index (χ1v) is 5.93. The maximum Gasteiger partial charge on any atom is 0.237 e. The van der Waals surface area contributed by atoms with Crippen LogP contribution in [0.2, 0.25) is 0 Å². The highest BCUT2D eigenvalue weighted by molar-refractivity contribution is 5.82. The van der Waals surface area contributed by atoms with Gasteiger partial charge in [-0.2, -0.15) is 4.98 Å². The Balaban J connectivity index is 2.13. The van der Waals surface area contributed by atoms with Crippen LogP contribution in [0.15, 0.2) is 28.9 Å². The Kier molecular flexibility index (Phi) is 3.82. The quantitative estimate of drug-likeness (QED) is 0.807. The van der Waals surface area contributed by atoms with Crippen LogP contribution in [-0.4, -0.2) is 20.9 Å². The fraction of sp³-hybridized carbons (Fsp3) is 0.385. The van der Waals surface area contributed by atoms with E-state index in [1.54, 1.807) is 6.20 Å². The molecule has 5 heteroatoms. The van der Waals surface area contributed by atoms with Crippen LogP contribution in [0.3, 0.4) is 0 Å². The van der Waals surface area contributed by atoms with Crippen LogP contribution in [0.5, 0.6) is 0 Å². The van der Waals surface area contributed by atoms with Crippen molar-refractivity contribution in [1.82, 2.24) is 15.1 Å². The molecule has 1 atom stereocenters. The van der Waals surface area contributed by atoms with E-state index in [-0.39, 0.29) is 11.7 Å². The van der Waals surface area contributed by atoms with E-state index in [2.05, 4.69) is 15.1 Å². The molecule has 0 aliphatic heterocycles. The van der Waals surface area contributed by atoms with Crippen LogP contribution in [0.1, 0.15) is 43.6 Å².